The number of hydrogen-bond acceptors (Lipinski definition) is 5. The van der Waals surface area contributed by atoms with Gasteiger partial charge in [0.15, 0.2) is 4.96 Å². The molecule has 0 aliphatic carbocycles. The monoisotopic (exact) mass is 435 g/mol. The zero-order valence-corrected chi connectivity index (χ0v) is 19.1. The number of carbonyl (C=O) groups is 1. The van der Waals surface area contributed by atoms with Crippen molar-refractivity contribution < 1.29 is 4.79 Å². The smallest absolute Gasteiger partial charge is 0.268 e. The molecule has 0 saturated carbocycles. The molecule has 0 radical (unpaired) electrons. The van der Waals surface area contributed by atoms with E-state index in [1.165, 1.54) is 15.7 Å². The minimum atomic E-state index is -0.204. The van der Waals surface area contributed by atoms with Crippen LogP contribution in [0.15, 0.2) is 40.5 Å². The molecular weight excluding hydrogens is 410 g/mol. The molecule has 1 amide bonds. The van der Waals surface area contributed by atoms with E-state index < -0.39 is 0 Å². The van der Waals surface area contributed by atoms with Crippen LogP contribution in [0.2, 0.25) is 0 Å². The molecule has 8 heteroatoms. The first-order valence-corrected chi connectivity index (χ1v) is 11.1. The standard InChI is InChI=1S/C23H25N5O2S/c1-13(2)24-20(29)11-18-12-31-23-25-16(5)21(22(30)27(18)23)19-10-15(4)28(26-19)17-8-6-7-14(3)9-17/h6-10,12-13H,11H2,1-5H3,(H,24,29). The zero-order valence-electron chi connectivity index (χ0n) is 18.3. The molecule has 3 aromatic heterocycles. The molecule has 0 saturated heterocycles. The second kappa shape index (κ2) is 8.11. The Bertz CT molecular complexity index is 1350. The number of carbonyl (C=O) groups excluding carboxylic acids is 1. The SMILES string of the molecule is Cc1cccc(-n2nc(-c3c(C)nc4scc(CC(=O)NC(C)C)n4c3=O)cc2C)c1. The van der Waals surface area contributed by atoms with E-state index in [4.69, 9.17) is 5.10 Å². The summed E-state index contributed by atoms with van der Waals surface area (Å²) in [4.78, 5) is 31.0. The quantitative estimate of drug-likeness (QED) is 0.519. The first kappa shape index (κ1) is 21.0. The number of fused-ring (bicyclic) bond motifs is 1. The van der Waals surface area contributed by atoms with Gasteiger partial charge in [0.1, 0.15) is 5.69 Å². The third kappa shape index (κ3) is 4.03. The number of rotatable bonds is 5. The van der Waals surface area contributed by atoms with Crippen molar-refractivity contribution in [2.75, 3.05) is 0 Å². The van der Waals surface area contributed by atoms with Crippen LogP contribution in [0.25, 0.3) is 21.9 Å². The lowest BCUT2D eigenvalue weighted by Gasteiger charge is -2.09. The Balaban J connectivity index is 1.82. The molecular formula is C23H25N5O2S. The topological polar surface area (TPSA) is 81.3 Å². The molecule has 0 aliphatic heterocycles. The maximum absolute atomic E-state index is 13.5. The zero-order chi connectivity index (χ0) is 22.3. The van der Waals surface area contributed by atoms with Crippen molar-refractivity contribution in [2.24, 2.45) is 0 Å². The van der Waals surface area contributed by atoms with Crippen molar-refractivity contribution in [2.45, 2.75) is 47.1 Å². The van der Waals surface area contributed by atoms with E-state index in [0.717, 1.165) is 16.9 Å². The summed E-state index contributed by atoms with van der Waals surface area (Å²) in [6.45, 7) is 9.63. The average molecular weight is 436 g/mol. The predicted molar refractivity (Wildman–Crippen MR) is 123 cm³/mol. The Hall–Kier alpha value is -3.26. The van der Waals surface area contributed by atoms with Crippen LogP contribution in [-0.4, -0.2) is 31.1 Å². The summed E-state index contributed by atoms with van der Waals surface area (Å²) in [5.74, 6) is -0.122. The van der Waals surface area contributed by atoms with E-state index in [9.17, 15) is 9.59 Å². The van der Waals surface area contributed by atoms with Crippen LogP contribution in [0.3, 0.4) is 0 Å². The summed E-state index contributed by atoms with van der Waals surface area (Å²) in [6.07, 6.45) is 0.124. The number of nitrogens with zero attached hydrogens (tertiary/aromatic N) is 4. The molecule has 0 fully saturated rings. The first-order chi connectivity index (χ1) is 14.7. The van der Waals surface area contributed by atoms with Crippen molar-refractivity contribution in [1.82, 2.24) is 24.5 Å². The first-order valence-electron chi connectivity index (χ1n) is 10.2. The van der Waals surface area contributed by atoms with Gasteiger partial charge in [0.05, 0.1) is 23.4 Å². The van der Waals surface area contributed by atoms with Gasteiger partial charge in [-0.05, 0) is 58.4 Å². The van der Waals surface area contributed by atoms with E-state index in [1.807, 2.05) is 68.9 Å². The van der Waals surface area contributed by atoms with Crippen LogP contribution in [0, 0.1) is 20.8 Å². The highest BCUT2D eigenvalue weighted by molar-refractivity contribution is 7.15. The highest BCUT2D eigenvalue weighted by atomic mass is 32.1. The van der Waals surface area contributed by atoms with Gasteiger partial charge in [-0.2, -0.15) is 5.10 Å². The summed E-state index contributed by atoms with van der Waals surface area (Å²) in [5.41, 5.74) is 5.08. The van der Waals surface area contributed by atoms with Crippen molar-refractivity contribution in [3.8, 4) is 16.9 Å². The van der Waals surface area contributed by atoms with Crippen LogP contribution >= 0.6 is 11.3 Å². The molecule has 0 unspecified atom stereocenters. The number of amides is 1. The number of thiazole rings is 1. The third-order valence-corrected chi connectivity index (χ3v) is 5.88. The number of aromatic nitrogens is 4. The van der Waals surface area contributed by atoms with Gasteiger partial charge in [0.25, 0.3) is 5.56 Å². The largest absolute Gasteiger partial charge is 0.354 e. The molecule has 160 valence electrons. The molecule has 0 atom stereocenters. The minimum Gasteiger partial charge on any atom is -0.354 e. The number of hydrogen-bond donors (Lipinski definition) is 1. The Kier molecular flexibility index (Phi) is 5.49. The van der Waals surface area contributed by atoms with Gasteiger partial charge >= 0.3 is 0 Å². The maximum Gasteiger partial charge on any atom is 0.268 e. The second-order valence-corrected chi connectivity index (χ2v) is 8.88. The van der Waals surface area contributed by atoms with Crippen molar-refractivity contribution in [3.63, 3.8) is 0 Å². The summed E-state index contributed by atoms with van der Waals surface area (Å²) in [7, 11) is 0. The van der Waals surface area contributed by atoms with E-state index in [0.29, 0.717) is 27.6 Å². The van der Waals surface area contributed by atoms with Gasteiger partial charge < -0.3 is 5.32 Å². The lowest BCUT2D eigenvalue weighted by Crippen LogP contribution is -2.32. The number of benzene rings is 1. The van der Waals surface area contributed by atoms with Crippen LogP contribution in [0.1, 0.15) is 36.5 Å². The van der Waals surface area contributed by atoms with E-state index in [2.05, 4.69) is 16.4 Å². The average Bonchev–Trinajstić information content (AvgIpc) is 3.24. The molecule has 1 N–H and O–H groups in total. The number of nitrogens with one attached hydrogen (secondary N) is 1. The summed E-state index contributed by atoms with van der Waals surface area (Å²) in [5, 5.41) is 9.42. The minimum absolute atomic E-state index is 0.0404. The van der Waals surface area contributed by atoms with Crippen LogP contribution in [0.4, 0.5) is 0 Å². The highest BCUT2D eigenvalue weighted by Crippen LogP contribution is 2.23. The Morgan fingerprint density at radius 3 is 2.68 bits per heavy atom. The summed E-state index contributed by atoms with van der Waals surface area (Å²) < 4.78 is 3.37. The Morgan fingerprint density at radius 2 is 1.97 bits per heavy atom. The van der Waals surface area contributed by atoms with E-state index in [-0.39, 0.29) is 23.9 Å². The fourth-order valence-corrected chi connectivity index (χ4v) is 4.60. The molecule has 31 heavy (non-hydrogen) atoms. The maximum atomic E-state index is 13.5. The van der Waals surface area contributed by atoms with E-state index >= 15 is 0 Å². The lowest BCUT2D eigenvalue weighted by atomic mass is 10.1. The molecule has 7 nitrogen and oxygen atoms in total. The third-order valence-electron chi connectivity index (χ3n) is 5.00. The lowest BCUT2D eigenvalue weighted by molar-refractivity contribution is -0.120. The second-order valence-electron chi connectivity index (χ2n) is 8.04. The van der Waals surface area contributed by atoms with Gasteiger partial charge in [0, 0.05) is 22.8 Å². The molecule has 0 aliphatic rings. The Labute approximate surface area is 184 Å². The molecule has 4 rings (SSSR count). The fourth-order valence-electron chi connectivity index (χ4n) is 3.68. The molecule has 0 spiro atoms. The molecule has 1 aromatic carbocycles. The summed E-state index contributed by atoms with van der Waals surface area (Å²) in [6, 6.07) is 10.00. The number of aryl methyl sites for hydroxylation is 3. The van der Waals surface area contributed by atoms with Gasteiger partial charge in [0.2, 0.25) is 5.91 Å². The van der Waals surface area contributed by atoms with Crippen molar-refractivity contribution in [3.05, 3.63) is 68.7 Å². The van der Waals surface area contributed by atoms with Gasteiger partial charge in [-0.15, -0.1) is 11.3 Å². The van der Waals surface area contributed by atoms with E-state index in [1.54, 1.807) is 0 Å². The Morgan fingerprint density at radius 1 is 1.19 bits per heavy atom. The van der Waals surface area contributed by atoms with Crippen LogP contribution in [-0.2, 0) is 11.2 Å². The van der Waals surface area contributed by atoms with Gasteiger partial charge in [-0.3, -0.25) is 14.0 Å². The van der Waals surface area contributed by atoms with Crippen LogP contribution < -0.4 is 10.9 Å². The predicted octanol–water partition coefficient (Wildman–Crippen LogP) is 3.60. The molecule has 0 bridgehead atoms. The fraction of sp³-hybridized carbons (Fsp3) is 0.304. The van der Waals surface area contributed by atoms with Gasteiger partial charge in [-0.1, -0.05) is 12.1 Å². The van der Waals surface area contributed by atoms with Crippen molar-refractivity contribution >= 4 is 22.2 Å². The summed E-state index contributed by atoms with van der Waals surface area (Å²) >= 11 is 1.36. The van der Waals surface area contributed by atoms with Gasteiger partial charge in [-0.25, -0.2) is 9.67 Å². The highest BCUT2D eigenvalue weighted by Gasteiger charge is 2.20. The molecule has 3 heterocycles. The molecule has 4 aromatic rings. The van der Waals surface area contributed by atoms with Crippen LogP contribution in [0.5, 0.6) is 0 Å². The van der Waals surface area contributed by atoms with Crippen molar-refractivity contribution in [1.29, 1.82) is 0 Å². The normalized spacial score (nSPS) is 11.4.